The van der Waals surface area contributed by atoms with Crippen molar-refractivity contribution in [2.45, 2.75) is 44.1 Å². The number of nitrogens with zero attached hydrogens (tertiary/aromatic N) is 2. The van der Waals surface area contributed by atoms with Gasteiger partial charge < -0.3 is 10.2 Å². The molecule has 6 heteroatoms. The fraction of sp³-hybridized carbons (Fsp3) is 0.435. The number of pyridine rings is 1. The largest absolute Gasteiger partial charge is 0.355 e. The number of likely N-dealkylation sites (tertiary alicyclic amines) is 1. The van der Waals surface area contributed by atoms with Gasteiger partial charge in [0, 0.05) is 43.9 Å². The van der Waals surface area contributed by atoms with Crippen molar-refractivity contribution >= 4 is 11.8 Å². The van der Waals surface area contributed by atoms with Crippen LogP contribution in [-0.4, -0.2) is 34.8 Å². The van der Waals surface area contributed by atoms with E-state index in [0.29, 0.717) is 25.2 Å². The maximum atomic E-state index is 14.5. The second kappa shape index (κ2) is 8.31. The summed E-state index contributed by atoms with van der Waals surface area (Å²) in [6.07, 6.45) is 7.45. The molecule has 5 nitrogen and oxygen atoms in total. The van der Waals surface area contributed by atoms with Gasteiger partial charge in [0.25, 0.3) is 0 Å². The standard InChI is InChI=1S/C23H26FN3O2/c24-20-8-2-1-7-19(20)23(9-3-4-10-23)16-26-22(29)18-12-21(28)27(15-18)14-17-6-5-11-25-13-17/h1-2,5-8,11,13,18H,3-4,9-10,12,14-16H2,(H,26,29)/t18-/m1/s1. The number of aromatic nitrogens is 1. The lowest BCUT2D eigenvalue weighted by Gasteiger charge is -2.30. The summed E-state index contributed by atoms with van der Waals surface area (Å²) in [5.74, 6) is -0.700. The lowest BCUT2D eigenvalue weighted by molar-refractivity contribution is -0.129. The van der Waals surface area contributed by atoms with Gasteiger partial charge in [0.15, 0.2) is 0 Å². The van der Waals surface area contributed by atoms with E-state index in [1.54, 1.807) is 23.4 Å². The maximum absolute atomic E-state index is 14.5. The molecular weight excluding hydrogens is 369 g/mol. The molecule has 1 aromatic heterocycles. The molecule has 0 spiro atoms. The maximum Gasteiger partial charge on any atom is 0.225 e. The highest BCUT2D eigenvalue weighted by atomic mass is 19.1. The van der Waals surface area contributed by atoms with Crippen LogP contribution in [0, 0.1) is 11.7 Å². The SMILES string of the molecule is O=C(NCC1(c2ccccc2F)CCCC1)[C@@H]1CC(=O)N(Cc2cccnc2)C1. The lowest BCUT2D eigenvalue weighted by Crippen LogP contribution is -2.42. The van der Waals surface area contributed by atoms with Crippen LogP contribution in [0.1, 0.15) is 43.2 Å². The molecule has 0 unspecified atom stereocenters. The van der Waals surface area contributed by atoms with Crippen LogP contribution in [0.4, 0.5) is 4.39 Å². The molecule has 0 radical (unpaired) electrons. The second-order valence-electron chi connectivity index (χ2n) is 8.22. The molecule has 1 aliphatic heterocycles. The summed E-state index contributed by atoms with van der Waals surface area (Å²) in [7, 11) is 0. The topological polar surface area (TPSA) is 62.3 Å². The average molecular weight is 395 g/mol. The van der Waals surface area contributed by atoms with E-state index in [1.165, 1.54) is 6.07 Å². The van der Waals surface area contributed by atoms with Crippen LogP contribution in [0.3, 0.4) is 0 Å². The molecule has 1 saturated heterocycles. The molecule has 0 bridgehead atoms. The number of halogens is 1. The van der Waals surface area contributed by atoms with Crippen LogP contribution in [0.5, 0.6) is 0 Å². The highest BCUT2D eigenvalue weighted by molar-refractivity contribution is 5.89. The molecule has 2 aliphatic rings. The Hall–Kier alpha value is -2.76. The van der Waals surface area contributed by atoms with E-state index >= 15 is 0 Å². The highest BCUT2D eigenvalue weighted by Crippen LogP contribution is 2.41. The van der Waals surface area contributed by atoms with Crippen molar-refractivity contribution in [1.29, 1.82) is 0 Å². The van der Waals surface area contributed by atoms with Crippen LogP contribution >= 0.6 is 0 Å². The molecule has 29 heavy (non-hydrogen) atoms. The summed E-state index contributed by atoms with van der Waals surface area (Å²) in [4.78, 5) is 31.0. The minimum absolute atomic E-state index is 0.0151. The molecular formula is C23H26FN3O2. The second-order valence-corrected chi connectivity index (χ2v) is 8.22. The smallest absolute Gasteiger partial charge is 0.225 e. The molecule has 2 fully saturated rings. The molecule has 1 aromatic carbocycles. The van der Waals surface area contributed by atoms with E-state index in [-0.39, 0.29) is 35.4 Å². The lowest BCUT2D eigenvalue weighted by atomic mass is 9.78. The number of nitrogens with one attached hydrogen (secondary N) is 1. The molecule has 4 rings (SSSR count). The Bertz CT molecular complexity index is 881. The van der Waals surface area contributed by atoms with E-state index in [1.807, 2.05) is 24.3 Å². The summed E-state index contributed by atoms with van der Waals surface area (Å²) in [5.41, 5.74) is 1.30. The van der Waals surface area contributed by atoms with Crippen molar-refractivity contribution in [3.8, 4) is 0 Å². The number of amides is 2. The molecule has 1 aliphatic carbocycles. The zero-order valence-electron chi connectivity index (χ0n) is 16.4. The van der Waals surface area contributed by atoms with Crippen molar-refractivity contribution in [3.63, 3.8) is 0 Å². The van der Waals surface area contributed by atoms with Gasteiger partial charge in [0.2, 0.25) is 11.8 Å². The summed E-state index contributed by atoms with van der Waals surface area (Å²) in [5, 5.41) is 3.04. The van der Waals surface area contributed by atoms with E-state index in [0.717, 1.165) is 31.2 Å². The van der Waals surface area contributed by atoms with Crippen molar-refractivity contribution in [2.24, 2.45) is 5.92 Å². The average Bonchev–Trinajstić information content (AvgIpc) is 3.35. The zero-order chi connectivity index (χ0) is 20.3. The first-order chi connectivity index (χ1) is 14.1. The molecule has 1 N–H and O–H groups in total. The minimum Gasteiger partial charge on any atom is -0.355 e. The van der Waals surface area contributed by atoms with Crippen molar-refractivity contribution in [1.82, 2.24) is 15.2 Å². The van der Waals surface area contributed by atoms with Crippen molar-refractivity contribution in [2.75, 3.05) is 13.1 Å². The van der Waals surface area contributed by atoms with E-state index in [9.17, 15) is 14.0 Å². The summed E-state index contributed by atoms with van der Waals surface area (Å²) >= 11 is 0. The monoisotopic (exact) mass is 395 g/mol. The van der Waals surface area contributed by atoms with Gasteiger partial charge in [0.1, 0.15) is 5.82 Å². The Balaban J connectivity index is 1.39. The van der Waals surface area contributed by atoms with Gasteiger partial charge in [0.05, 0.1) is 5.92 Å². The Morgan fingerprint density at radius 1 is 1.21 bits per heavy atom. The summed E-state index contributed by atoms with van der Waals surface area (Å²) in [6, 6.07) is 10.6. The fourth-order valence-electron chi connectivity index (χ4n) is 4.70. The molecule has 2 aromatic rings. The van der Waals surface area contributed by atoms with Crippen LogP contribution in [-0.2, 0) is 21.5 Å². The van der Waals surface area contributed by atoms with Gasteiger partial charge >= 0.3 is 0 Å². The first kappa shape index (κ1) is 19.6. The Labute approximate surface area is 170 Å². The Morgan fingerprint density at radius 3 is 2.72 bits per heavy atom. The molecule has 152 valence electrons. The molecule has 2 heterocycles. The van der Waals surface area contributed by atoms with Crippen molar-refractivity contribution in [3.05, 3.63) is 65.7 Å². The van der Waals surface area contributed by atoms with Gasteiger partial charge in [-0.15, -0.1) is 0 Å². The predicted octanol–water partition coefficient (Wildman–Crippen LogP) is 3.20. The number of carbonyl (C=O) groups excluding carboxylic acids is 2. The van der Waals surface area contributed by atoms with Gasteiger partial charge in [-0.25, -0.2) is 4.39 Å². The fourth-order valence-corrected chi connectivity index (χ4v) is 4.70. The predicted molar refractivity (Wildman–Crippen MR) is 107 cm³/mol. The van der Waals surface area contributed by atoms with Crippen LogP contribution in [0.25, 0.3) is 0 Å². The van der Waals surface area contributed by atoms with Gasteiger partial charge in [-0.05, 0) is 36.1 Å². The third-order valence-corrected chi connectivity index (χ3v) is 6.29. The highest BCUT2D eigenvalue weighted by Gasteiger charge is 2.39. The van der Waals surface area contributed by atoms with Crippen LogP contribution < -0.4 is 5.32 Å². The van der Waals surface area contributed by atoms with Crippen LogP contribution in [0.15, 0.2) is 48.8 Å². The van der Waals surface area contributed by atoms with Crippen molar-refractivity contribution < 1.29 is 14.0 Å². The molecule has 1 saturated carbocycles. The Kier molecular flexibility index (Phi) is 5.60. The first-order valence-corrected chi connectivity index (χ1v) is 10.3. The van der Waals surface area contributed by atoms with E-state index < -0.39 is 0 Å². The number of carbonyl (C=O) groups is 2. The van der Waals surface area contributed by atoms with Gasteiger partial charge in [-0.1, -0.05) is 37.1 Å². The van der Waals surface area contributed by atoms with Gasteiger partial charge in [-0.2, -0.15) is 0 Å². The zero-order valence-corrected chi connectivity index (χ0v) is 16.4. The van der Waals surface area contributed by atoms with E-state index in [4.69, 9.17) is 0 Å². The molecule has 2 amide bonds. The third kappa shape index (κ3) is 4.16. The third-order valence-electron chi connectivity index (χ3n) is 6.29. The number of hydrogen-bond donors (Lipinski definition) is 1. The van der Waals surface area contributed by atoms with Gasteiger partial charge in [-0.3, -0.25) is 14.6 Å². The molecule has 1 atom stereocenters. The van der Waals surface area contributed by atoms with E-state index in [2.05, 4.69) is 10.3 Å². The quantitative estimate of drug-likeness (QED) is 0.817. The summed E-state index contributed by atoms with van der Waals surface area (Å²) < 4.78 is 14.5. The number of rotatable bonds is 6. The Morgan fingerprint density at radius 2 is 2.00 bits per heavy atom. The first-order valence-electron chi connectivity index (χ1n) is 10.3. The summed E-state index contributed by atoms with van der Waals surface area (Å²) in [6.45, 7) is 1.29. The normalized spacial score (nSPS) is 20.8. The number of benzene rings is 1. The minimum atomic E-state index is -0.363. The number of hydrogen-bond acceptors (Lipinski definition) is 3. The van der Waals surface area contributed by atoms with Crippen LogP contribution in [0.2, 0.25) is 0 Å².